The average molecular weight is 296 g/mol. The zero-order chi connectivity index (χ0) is 15.1. The Labute approximate surface area is 127 Å². The van der Waals surface area contributed by atoms with E-state index in [4.69, 9.17) is 4.74 Å². The van der Waals surface area contributed by atoms with Gasteiger partial charge in [0.05, 0.1) is 0 Å². The molecule has 2 aliphatic rings. The third-order valence-electron chi connectivity index (χ3n) is 3.93. The number of rotatable bonds is 3. The van der Waals surface area contributed by atoms with Gasteiger partial charge in [0.1, 0.15) is 17.5 Å². The molecule has 1 amide bonds. The Balaban J connectivity index is 1.48. The summed E-state index contributed by atoms with van der Waals surface area (Å²) in [6.45, 7) is 3.20. The molecule has 0 spiro atoms. The van der Waals surface area contributed by atoms with Crippen LogP contribution in [0.2, 0.25) is 0 Å². The lowest BCUT2D eigenvalue weighted by molar-refractivity contribution is 0.0961. The highest BCUT2D eigenvalue weighted by Crippen LogP contribution is 2.29. The summed E-state index contributed by atoms with van der Waals surface area (Å²) in [6.07, 6.45) is 2.89. The predicted molar refractivity (Wildman–Crippen MR) is 80.8 cm³/mol. The molecule has 2 aliphatic heterocycles. The van der Waals surface area contributed by atoms with Crippen molar-refractivity contribution in [2.24, 2.45) is 0 Å². The van der Waals surface area contributed by atoms with Crippen molar-refractivity contribution in [3.63, 3.8) is 0 Å². The van der Waals surface area contributed by atoms with E-state index < -0.39 is 0 Å². The van der Waals surface area contributed by atoms with Crippen molar-refractivity contribution >= 4 is 11.9 Å². The number of aromatic nitrogens is 2. The van der Waals surface area contributed by atoms with Crippen LogP contribution in [0.4, 0.5) is 5.95 Å². The molecule has 0 saturated heterocycles. The summed E-state index contributed by atoms with van der Waals surface area (Å²) in [6, 6.07) is 6.18. The first kappa shape index (κ1) is 13.1. The second-order valence-corrected chi connectivity index (χ2v) is 5.68. The summed E-state index contributed by atoms with van der Waals surface area (Å²) in [5, 5.41) is 5.91. The van der Waals surface area contributed by atoms with Gasteiger partial charge in [0, 0.05) is 31.3 Å². The number of fused-ring (bicyclic) bond motifs is 2. The normalized spacial score (nSPS) is 18.4. The third kappa shape index (κ3) is 2.26. The minimum absolute atomic E-state index is 0.135. The lowest BCUT2D eigenvalue weighted by atomic mass is 10.1. The highest BCUT2D eigenvalue weighted by molar-refractivity contribution is 5.96. The van der Waals surface area contributed by atoms with Gasteiger partial charge in [-0.05, 0) is 24.1 Å². The molecule has 1 aromatic carbocycles. The summed E-state index contributed by atoms with van der Waals surface area (Å²) >= 11 is 0. The minimum Gasteiger partial charge on any atom is -0.490 e. The standard InChI is InChI=1S/C16H16N4O2/c1-9-4-11-5-10(2-3-13(11)22-9)6-18-16-19-8-12-7-17-15(21)14(12)20-16/h2-3,5,8-9H,4,6-7H2,1H3,(H,17,21)(H,18,19,20). The summed E-state index contributed by atoms with van der Waals surface area (Å²) in [5.41, 5.74) is 3.69. The second-order valence-electron chi connectivity index (χ2n) is 5.68. The third-order valence-corrected chi connectivity index (χ3v) is 3.93. The van der Waals surface area contributed by atoms with Crippen molar-refractivity contribution in [2.45, 2.75) is 32.5 Å². The number of ether oxygens (including phenoxy) is 1. The van der Waals surface area contributed by atoms with E-state index in [1.165, 1.54) is 5.56 Å². The van der Waals surface area contributed by atoms with Crippen molar-refractivity contribution in [1.29, 1.82) is 0 Å². The molecule has 22 heavy (non-hydrogen) atoms. The first-order chi connectivity index (χ1) is 10.7. The summed E-state index contributed by atoms with van der Waals surface area (Å²) in [4.78, 5) is 20.1. The first-order valence-corrected chi connectivity index (χ1v) is 7.35. The van der Waals surface area contributed by atoms with Crippen LogP contribution in [0.25, 0.3) is 0 Å². The fourth-order valence-electron chi connectivity index (χ4n) is 2.84. The number of amides is 1. The quantitative estimate of drug-likeness (QED) is 0.901. The van der Waals surface area contributed by atoms with E-state index in [9.17, 15) is 4.79 Å². The van der Waals surface area contributed by atoms with E-state index >= 15 is 0 Å². The van der Waals surface area contributed by atoms with E-state index in [1.807, 2.05) is 12.1 Å². The molecule has 3 heterocycles. The van der Waals surface area contributed by atoms with Crippen molar-refractivity contribution in [1.82, 2.24) is 15.3 Å². The van der Waals surface area contributed by atoms with Crippen LogP contribution < -0.4 is 15.4 Å². The Morgan fingerprint density at radius 1 is 1.41 bits per heavy atom. The topological polar surface area (TPSA) is 76.1 Å². The van der Waals surface area contributed by atoms with Gasteiger partial charge in [0.2, 0.25) is 5.95 Å². The van der Waals surface area contributed by atoms with Crippen molar-refractivity contribution in [2.75, 3.05) is 5.32 Å². The van der Waals surface area contributed by atoms with Gasteiger partial charge >= 0.3 is 0 Å². The Morgan fingerprint density at radius 3 is 3.23 bits per heavy atom. The van der Waals surface area contributed by atoms with Crippen LogP contribution in [0, 0.1) is 0 Å². The Morgan fingerprint density at radius 2 is 2.32 bits per heavy atom. The van der Waals surface area contributed by atoms with E-state index in [0.29, 0.717) is 24.7 Å². The molecule has 2 N–H and O–H groups in total. The van der Waals surface area contributed by atoms with Crippen molar-refractivity contribution < 1.29 is 9.53 Å². The molecule has 6 nitrogen and oxygen atoms in total. The Bertz CT molecular complexity index is 760. The lowest BCUT2D eigenvalue weighted by Gasteiger charge is -2.07. The van der Waals surface area contributed by atoms with E-state index in [1.54, 1.807) is 6.20 Å². The smallest absolute Gasteiger partial charge is 0.270 e. The summed E-state index contributed by atoms with van der Waals surface area (Å²) in [7, 11) is 0. The fourth-order valence-corrected chi connectivity index (χ4v) is 2.84. The van der Waals surface area contributed by atoms with Gasteiger partial charge in [-0.25, -0.2) is 9.97 Å². The zero-order valence-electron chi connectivity index (χ0n) is 12.2. The van der Waals surface area contributed by atoms with Crippen LogP contribution in [-0.4, -0.2) is 22.0 Å². The molecule has 4 rings (SSSR count). The van der Waals surface area contributed by atoms with E-state index in [2.05, 4.69) is 33.6 Å². The minimum atomic E-state index is -0.135. The fraction of sp³-hybridized carbons (Fsp3) is 0.312. The average Bonchev–Trinajstić information content (AvgIpc) is 3.07. The molecule has 0 fully saturated rings. The van der Waals surface area contributed by atoms with Gasteiger partial charge in [0.15, 0.2) is 0 Å². The maximum atomic E-state index is 11.6. The molecule has 6 heteroatoms. The maximum Gasteiger partial charge on any atom is 0.270 e. The number of carbonyl (C=O) groups excluding carboxylic acids is 1. The zero-order valence-corrected chi connectivity index (χ0v) is 12.2. The molecule has 0 bridgehead atoms. The number of hydrogen-bond acceptors (Lipinski definition) is 5. The van der Waals surface area contributed by atoms with Crippen LogP contribution in [-0.2, 0) is 19.5 Å². The molecule has 0 saturated carbocycles. The van der Waals surface area contributed by atoms with Gasteiger partial charge in [-0.2, -0.15) is 0 Å². The molecule has 0 aliphatic carbocycles. The highest BCUT2D eigenvalue weighted by atomic mass is 16.5. The molecule has 1 aromatic heterocycles. The molecule has 112 valence electrons. The van der Waals surface area contributed by atoms with Crippen LogP contribution in [0.5, 0.6) is 5.75 Å². The van der Waals surface area contributed by atoms with Gasteiger partial charge < -0.3 is 15.4 Å². The van der Waals surface area contributed by atoms with Gasteiger partial charge in [-0.15, -0.1) is 0 Å². The van der Waals surface area contributed by atoms with Crippen LogP contribution in [0.3, 0.4) is 0 Å². The molecule has 0 radical (unpaired) electrons. The van der Waals surface area contributed by atoms with Crippen LogP contribution in [0.1, 0.15) is 34.1 Å². The van der Waals surface area contributed by atoms with Gasteiger partial charge in [-0.1, -0.05) is 12.1 Å². The monoisotopic (exact) mass is 296 g/mol. The number of nitrogens with one attached hydrogen (secondary N) is 2. The maximum absolute atomic E-state index is 11.6. The van der Waals surface area contributed by atoms with Crippen LogP contribution in [0.15, 0.2) is 24.4 Å². The Kier molecular flexibility index (Phi) is 2.96. The second kappa shape index (κ2) is 4.98. The van der Waals surface area contributed by atoms with Crippen molar-refractivity contribution in [3.8, 4) is 5.75 Å². The van der Waals surface area contributed by atoms with Gasteiger partial charge in [0.25, 0.3) is 5.91 Å². The lowest BCUT2D eigenvalue weighted by Crippen LogP contribution is -2.14. The molecule has 1 atom stereocenters. The van der Waals surface area contributed by atoms with Crippen molar-refractivity contribution in [3.05, 3.63) is 46.8 Å². The molecular formula is C16H16N4O2. The van der Waals surface area contributed by atoms with Gasteiger partial charge in [-0.3, -0.25) is 4.79 Å². The largest absolute Gasteiger partial charge is 0.490 e. The number of anilines is 1. The molecular weight excluding hydrogens is 280 g/mol. The van der Waals surface area contributed by atoms with E-state index in [-0.39, 0.29) is 12.0 Å². The summed E-state index contributed by atoms with van der Waals surface area (Å²) < 4.78 is 5.70. The number of benzene rings is 1. The molecule has 1 unspecified atom stereocenters. The highest BCUT2D eigenvalue weighted by Gasteiger charge is 2.21. The first-order valence-electron chi connectivity index (χ1n) is 7.35. The van der Waals surface area contributed by atoms with E-state index in [0.717, 1.165) is 23.3 Å². The Hall–Kier alpha value is -2.63. The number of carbonyl (C=O) groups is 1. The summed E-state index contributed by atoms with van der Waals surface area (Å²) in [5.74, 6) is 1.31. The number of nitrogens with zero attached hydrogens (tertiary/aromatic N) is 2. The predicted octanol–water partition coefficient (Wildman–Crippen LogP) is 1.66. The number of hydrogen-bond donors (Lipinski definition) is 2. The SMILES string of the molecule is CC1Cc2cc(CNc3ncc4c(n3)C(=O)NC4)ccc2O1. The molecule has 2 aromatic rings. The van der Waals surface area contributed by atoms with Crippen LogP contribution >= 0.6 is 0 Å².